The van der Waals surface area contributed by atoms with E-state index in [0.717, 1.165) is 5.56 Å². The lowest BCUT2D eigenvalue weighted by atomic mass is 10.1. The van der Waals surface area contributed by atoms with Crippen LogP contribution in [0, 0.1) is 0 Å². The maximum Gasteiger partial charge on any atom is 0.185 e. The smallest absolute Gasteiger partial charge is 0.185 e. The average Bonchev–Trinajstić information content (AvgIpc) is 2.65. The molecule has 0 aliphatic carbocycles. The molecule has 2 aromatic rings. The predicted octanol–water partition coefficient (Wildman–Crippen LogP) is 3.62. The Kier molecular flexibility index (Phi) is 5.84. The summed E-state index contributed by atoms with van der Waals surface area (Å²) >= 11 is 0. The minimum atomic E-state index is -0.145. The summed E-state index contributed by atoms with van der Waals surface area (Å²) in [7, 11) is 6.24. The number of rotatable bonds is 7. The fourth-order valence-corrected chi connectivity index (χ4v) is 2.21. The summed E-state index contributed by atoms with van der Waals surface area (Å²) in [5.41, 5.74) is 1.29. The molecule has 0 heterocycles. The Morgan fingerprint density at radius 1 is 0.792 bits per heavy atom. The van der Waals surface area contributed by atoms with Gasteiger partial charge in [0.15, 0.2) is 17.3 Å². The summed E-state index contributed by atoms with van der Waals surface area (Å²) in [4.78, 5) is 12.4. The van der Waals surface area contributed by atoms with Gasteiger partial charge < -0.3 is 18.9 Å². The van der Waals surface area contributed by atoms with Gasteiger partial charge in [-0.1, -0.05) is 0 Å². The maximum atomic E-state index is 12.4. The average molecular weight is 328 g/mol. The van der Waals surface area contributed by atoms with Crippen LogP contribution in [0.3, 0.4) is 0 Å². The van der Waals surface area contributed by atoms with E-state index in [4.69, 9.17) is 18.9 Å². The first-order chi connectivity index (χ1) is 11.6. The van der Waals surface area contributed by atoms with Crippen molar-refractivity contribution in [2.45, 2.75) is 0 Å². The number of hydrogen-bond donors (Lipinski definition) is 0. The molecule has 0 aromatic heterocycles. The topological polar surface area (TPSA) is 54.0 Å². The van der Waals surface area contributed by atoms with Crippen molar-refractivity contribution in [3.05, 3.63) is 53.6 Å². The minimum absolute atomic E-state index is 0.145. The Bertz CT molecular complexity index is 749. The van der Waals surface area contributed by atoms with Crippen LogP contribution >= 0.6 is 0 Å². The third kappa shape index (κ3) is 3.87. The molecule has 2 aromatic carbocycles. The molecule has 0 N–H and O–H groups in total. The van der Waals surface area contributed by atoms with Crippen molar-refractivity contribution in [1.82, 2.24) is 0 Å². The highest BCUT2D eigenvalue weighted by Gasteiger charge is 2.09. The zero-order chi connectivity index (χ0) is 17.5. The lowest BCUT2D eigenvalue weighted by molar-refractivity contribution is 0.104. The second-order valence-corrected chi connectivity index (χ2v) is 4.88. The number of carbonyl (C=O) groups excluding carboxylic acids is 1. The van der Waals surface area contributed by atoms with Crippen LogP contribution in [0.25, 0.3) is 6.08 Å². The lowest BCUT2D eigenvalue weighted by Gasteiger charge is -2.08. The number of methoxy groups -OCH3 is 4. The van der Waals surface area contributed by atoms with Crippen molar-refractivity contribution in [3.63, 3.8) is 0 Å². The van der Waals surface area contributed by atoms with E-state index in [0.29, 0.717) is 28.6 Å². The van der Waals surface area contributed by atoms with E-state index in [1.54, 1.807) is 51.7 Å². The molecule has 0 spiro atoms. The molecule has 5 nitrogen and oxygen atoms in total. The molecule has 0 atom stereocenters. The molecule has 24 heavy (non-hydrogen) atoms. The van der Waals surface area contributed by atoms with Gasteiger partial charge in [0.1, 0.15) is 11.5 Å². The fourth-order valence-electron chi connectivity index (χ4n) is 2.21. The summed E-state index contributed by atoms with van der Waals surface area (Å²) in [5, 5.41) is 0. The Labute approximate surface area is 141 Å². The molecule has 5 heteroatoms. The number of ether oxygens (including phenoxy) is 4. The van der Waals surface area contributed by atoms with E-state index in [9.17, 15) is 4.79 Å². The van der Waals surface area contributed by atoms with Crippen molar-refractivity contribution in [2.75, 3.05) is 28.4 Å². The van der Waals surface area contributed by atoms with E-state index in [1.807, 2.05) is 12.1 Å². The molecular formula is C19H20O5. The number of benzene rings is 2. The summed E-state index contributed by atoms with van der Waals surface area (Å²) in [6.07, 6.45) is 3.20. The lowest BCUT2D eigenvalue weighted by Crippen LogP contribution is -1.97. The number of ketones is 1. The number of hydrogen-bond acceptors (Lipinski definition) is 5. The van der Waals surface area contributed by atoms with Crippen molar-refractivity contribution in [2.24, 2.45) is 0 Å². The van der Waals surface area contributed by atoms with Crippen molar-refractivity contribution >= 4 is 11.9 Å². The zero-order valence-corrected chi connectivity index (χ0v) is 14.2. The van der Waals surface area contributed by atoms with Gasteiger partial charge in [-0.2, -0.15) is 0 Å². The molecule has 0 saturated carbocycles. The van der Waals surface area contributed by atoms with Crippen LogP contribution in [0.2, 0.25) is 0 Å². The fraction of sp³-hybridized carbons (Fsp3) is 0.211. The molecule has 0 amide bonds. The summed E-state index contributed by atoms with van der Waals surface area (Å²) in [5.74, 6) is 2.27. The zero-order valence-electron chi connectivity index (χ0n) is 14.2. The monoisotopic (exact) mass is 328 g/mol. The molecule has 0 saturated heterocycles. The van der Waals surface area contributed by atoms with Gasteiger partial charge in [-0.25, -0.2) is 0 Å². The first-order valence-corrected chi connectivity index (χ1v) is 7.29. The van der Waals surface area contributed by atoms with Gasteiger partial charge in [-0.3, -0.25) is 4.79 Å². The Morgan fingerprint density at radius 2 is 1.50 bits per heavy atom. The molecule has 0 aliphatic heterocycles. The van der Waals surface area contributed by atoms with Crippen LogP contribution in [0.5, 0.6) is 23.0 Å². The highest BCUT2D eigenvalue weighted by molar-refractivity contribution is 6.07. The van der Waals surface area contributed by atoms with Gasteiger partial charge in [0.25, 0.3) is 0 Å². The molecule has 126 valence electrons. The van der Waals surface area contributed by atoms with Gasteiger partial charge in [0, 0.05) is 17.2 Å². The molecule has 0 unspecified atom stereocenters. The number of allylic oxidation sites excluding steroid dienone is 1. The third-order valence-corrected chi connectivity index (χ3v) is 3.52. The Morgan fingerprint density at radius 3 is 2.12 bits per heavy atom. The first-order valence-electron chi connectivity index (χ1n) is 7.29. The summed E-state index contributed by atoms with van der Waals surface area (Å²) < 4.78 is 20.9. The molecule has 0 bridgehead atoms. The van der Waals surface area contributed by atoms with Crippen molar-refractivity contribution in [3.8, 4) is 23.0 Å². The van der Waals surface area contributed by atoms with Crippen molar-refractivity contribution < 1.29 is 23.7 Å². The second kappa shape index (κ2) is 8.06. The van der Waals surface area contributed by atoms with Gasteiger partial charge in [-0.15, -0.1) is 0 Å². The minimum Gasteiger partial charge on any atom is -0.497 e. The van der Waals surface area contributed by atoms with Gasteiger partial charge >= 0.3 is 0 Å². The van der Waals surface area contributed by atoms with Crippen LogP contribution in [-0.4, -0.2) is 34.2 Å². The normalized spacial score (nSPS) is 10.5. The molecule has 2 rings (SSSR count). The Hall–Kier alpha value is -2.95. The van der Waals surface area contributed by atoms with Crippen molar-refractivity contribution in [1.29, 1.82) is 0 Å². The quantitative estimate of drug-likeness (QED) is 0.574. The predicted molar refractivity (Wildman–Crippen MR) is 92.5 cm³/mol. The summed E-state index contributed by atoms with van der Waals surface area (Å²) in [6, 6.07) is 10.4. The van der Waals surface area contributed by atoms with E-state index >= 15 is 0 Å². The SMILES string of the molecule is COc1ccc(/C=C/C(=O)c2ccc(OC)c(OC)c2)c(OC)c1. The highest BCUT2D eigenvalue weighted by Crippen LogP contribution is 2.28. The highest BCUT2D eigenvalue weighted by atomic mass is 16.5. The van der Waals surface area contributed by atoms with E-state index in [2.05, 4.69) is 0 Å². The van der Waals surface area contributed by atoms with Gasteiger partial charge in [-0.05, 0) is 42.5 Å². The van der Waals surface area contributed by atoms with Crippen LogP contribution in [-0.2, 0) is 0 Å². The first kappa shape index (κ1) is 17.4. The standard InChI is InChI=1S/C19H20O5/c1-21-15-8-5-13(18(12-15)23-3)6-9-16(20)14-7-10-17(22-2)19(11-14)24-4/h5-12H,1-4H3/b9-6+. The van der Waals surface area contributed by atoms with E-state index < -0.39 is 0 Å². The van der Waals surface area contributed by atoms with Crippen LogP contribution in [0.1, 0.15) is 15.9 Å². The second-order valence-electron chi connectivity index (χ2n) is 4.88. The van der Waals surface area contributed by atoms with Gasteiger partial charge in [0.2, 0.25) is 0 Å². The maximum absolute atomic E-state index is 12.4. The molecule has 0 radical (unpaired) electrons. The van der Waals surface area contributed by atoms with E-state index in [-0.39, 0.29) is 5.78 Å². The van der Waals surface area contributed by atoms with Gasteiger partial charge in [0.05, 0.1) is 28.4 Å². The Balaban J connectivity index is 2.24. The molecule has 0 aliphatic rings. The van der Waals surface area contributed by atoms with Crippen LogP contribution < -0.4 is 18.9 Å². The molecule has 0 fully saturated rings. The third-order valence-electron chi connectivity index (χ3n) is 3.52. The van der Waals surface area contributed by atoms with Crippen LogP contribution in [0.15, 0.2) is 42.5 Å². The summed E-state index contributed by atoms with van der Waals surface area (Å²) in [6.45, 7) is 0. The largest absolute Gasteiger partial charge is 0.497 e. The van der Waals surface area contributed by atoms with Crippen LogP contribution in [0.4, 0.5) is 0 Å². The molecular weight excluding hydrogens is 308 g/mol. The van der Waals surface area contributed by atoms with E-state index in [1.165, 1.54) is 13.2 Å². The number of carbonyl (C=O) groups is 1.